The van der Waals surface area contributed by atoms with Gasteiger partial charge in [0, 0.05) is 29.9 Å². The van der Waals surface area contributed by atoms with Crippen molar-refractivity contribution in [2.75, 3.05) is 25.0 Å². The number of benzene rings is 1. The lowest BCUT2D eigenvalue weighted by Gasteiger charge is -2.14. The van der Waals surface area contributed by atoms with Crippen molar-refractivity contribution in [1.82, 2.24) is 10.6 Å². The Bertz CT molecular complexity index is 616. The normalized spacial score (nSPS) is 12.7. The molecule has 150 valence electrons. The van der Waals surface area contributed by atoms with Gasteiger partial charge >= 0.3 is 5.97 Å². The van der Waals surface area contributed by atoms with E-state index < -0.39 is 5.97 Å². The molecule has 2 unspecified atom stereocenters. The van der Waals surface area contributed by atoms with Crippen LogP contribution in [-0.2, 0) is 4.79 Å². The number of carbonyl (C=O) groups excluding carboxylic acids is 2. The number of amides is 2. The summed E-state index contributed by atoms with van der Waals surface area (Å²) in [6.07, 6.45) is 1.90. The van der Waals surface area contributed by atoms with Gasteiger partial charge in [0.15, 0.2) is 0 Å². The van der Waals surface area contributed by atoms with Crippen LogP contribution in [-0.4, -0.2) is 42.5 Å². The highest BCUT2D eigenvalue weighted by Crippen LogP contribution is 2.16. The Balaban J connectivity index is 2.99. The smallest absolute Gasteiger partial charge is 0.322 e. The van der Waals surface area contributed by atoms with Gasteiger partial charge in [-0.3, -0.25) is 14.4 Å². The van der Waals surface area contributed by atoms with Gasteiger partial charge in [-0.15, -0.1) is 0 Å². The SMILES string of the molecule is CCC(C)CNC(=O)c1cc(NCC(=O)O)cc(C(=O)NCC(C)CC)c1. The zero-order valence-corrected chi connectivity index (χ0v) is 16.6. The predicted molar refractivity (Wildman–Crippen MR) is 106 cm³/mol. The minimum atomic E-state index is -1.02. The Morgan fingerprint density at radius 2 is 1.33 bits per heavy atom. The lowest BCUT2D eigenvalue weighted by atomic mass is 10.1. The van der Waals surface area contributed by atoms with E-state index in [0.29, 0.717) is 41.7 Å². The van der Waals surface area contributed by atoms with Crippen molar-refractivity contribution in [1.29, 1.82) is 0 Å². The Hall–Kier alpha value is -2.57. The van der Waals surface area contributed by atoms with Gasteiger partial charge in [0.05, 0.1) is 0 Å². The number of hydrogen-bond donors (Lipinski definition) is 4. The monoisotopic (exact) mass is 377 g/mol. The van der Waals surface area contributed by atoms with Gasteiger partial charge in [0.1, 0.15) is 6.54 Å². The number of carboxylic acids is 1. The summed E-state index contributed by atoms with van der Waals surface area (Å²) in [5.41, 5.74) is 1.06. The summed E-state index contributed by atoms with van der Waals surface area (Å²) in [7, 11) is 0. The van der Waals surface area contributed by atoms with Crippen LogP contribution in [0.25, 0.3) is 0 Å². The third-order valence-corrected chi connectivity index (χ3v) is 4.52. The fourth-order valence-corrected chi connectivity index (χ4v) is 2.20. The van der Waals surface area contributed by atoms with E-state index in [-0.39, 0.29) is 18.4 Å². The molecule has 0 aromatic heterocycles. The summed E-state index contributed by atoms with van der Waals surface area (Å²) in [6.45, 7) is 8.96. The average molecular weight is 377 g/mol. The average Bonchev–Trinajstić information content (AvgIpc) is 2.67. The zero-order chi connectivity index (χ0) is 20.4. The molecule has 7 heteroatoms. The van der Waals surface area contributed by atoms with Crippen molar-refractivity contribution in [3.63, 3.8) is 0 Å². The van der Waals surface area contributed by atoms with E-state index in [1.165, 1.54) is 6.07 Å². The predicted octanol–water partition coefficient (Wildman–Crippen LogP) is 2.73. The van der Waals surface area contributed by atoms with Crippen LogP contribution in [0.2, 0.25) is 0 Å². The molecular formula is C20H31N3O4. The lowest BCUT2D eigenvalue weighted by Crippen LogP contribution is -2.30. The molecule has 0 saturated heterocycles. The van der Waals surface area contributed by atoms with E-state index in [1.54, 1.807) is 12.1 Å². The van der Waals surface area contributed by atoms with Gasteiger partial charge in [-0.2, -0.15) is 0 Å². The summed E-state index contributed by atoms with van der Waals surface area (Å²) < 4.78 is 0. The first-order valence-corrected chi connectivity index (χ1v) is 9.43. The molecule has 1 aromatic carbocycles. The number of anilines is 1. The number of aliphatic carboxylic acids is 1. The first-order valence-electron chi connectivity index (χ1n) is 9.43. The summed E-state index contributed by atoms with van der Waals surface area (Å²) in [5, 5.41) is 17.3. The number of nitrogens with one attached hydrogen (secondary N) is 3. The van der Waals surface area contributed by atoms with E-state index in [9.17, 15) is 14.4 Å². The van der Waals surface area contributed by atoms with Gasteiger partial charge in [0.25, 0.3) is 11.8 Å². The van der Waals surface area contributed by atoms with E-state index in [0.717, 1.165) is 12.8 Å². The van der Waals surface area contributed by atoms with Gasteiger partial charge < -0.3 is 21.1 Å². The highest BCUT2D eigenvalue weighted by Gasteiger charge is 2.14. The Kier molecular flexibility index (Phi) is 9.33. The van der Waals surface area contributed by atoms with Crippen LogP contribution in [0, 0.1) is 11.8 Å². The highest BCUT2D eigenvalue weighted by molar-refractivity contribution is 6.01. The van der Waals surface area contributed by atoms with Crippen molar-refractivity contribution >= 4 is 23.5 Å². The first-order chi connectivity index (χ1) is 12.8. The second kappa shape index (κ2) is 11.2. The second-order valence-electron chi connectivity index (χ2n) is 6.99. The molecule has 4 N–H and O–H groups in total. The van der Waals surface area contributed by atoms with Crippen molar-refractivity contribution in [2.45, 2.75) is 40.5 Å². The van der Waals surface area contributed by atoms with Gasteiger partial charge in [-0.25, -0.2) is 0 Å². The Morgan fingerprint density at radius 1 is 0.889 bits per heavy atom. The Morgan fingerprint density at radius 3 is 1.70 bits per heavy atom. The van der Waals surface area contributed by atoms with Crippen LogP contribution in [0.1, 0.15) is 61.3 Å². The van der Waals surface area contributed by atoms with Gasteiger partial charge in [-0.05, 0) is 30.0 Å². The Labute approximate surface area is 160 Å². The number of rotatable bonds is 11. The minimum absolute atomic E-state index is 0.287. The van der Waals surface area contributed by atoms with Crippen molar-refractivity contribution in [3.05, 3.63) is 29.3 Å². The zero-order valence-electron chi connectivity index (χ0n) is 16.6. The molecule has 0 bridgehead atoms. The quantitative estimate of drug-likeness (QED) is 0.474. The highest BCUT2D eigenvalue weighted by atomic mass is 16.4. The molecule has 0 heterocycles. The molecule has 0 aliphatic carbocycles. The third kappa shape index (κ3) is 8.11. The number of carboxylic acid groups (broad SMARTS) is 1. The molecule has 27 heavy (non-hydrogen) atoms. The maximum Gasteiger partial charge on any atom is 0.322 e. The minimum Gasteiger partial charge on any atom is -0.480 e. The van der Waals surface area contributed by atoms with Gasteiger partial charge in [-0.1, -0.05) is 40.5 Å². The van der Waals surface area contributed by atoms with Crippen LogP contribution in [0.3, 0.4) is 0 Å². The van der Waals surface area contributed by atoms with Crippen LogP contribution < -0.4 is 16.0 Å². The number of hydrogen-bond acceptors (Lipinski definition) is 4. The summed E-state index contributed by atoms with van der Waals surface area (Å²) in [6, 6.07) is 4.64. The molecule has 0 saturated carbocycles. The van der Waals surface area contributed by atoms with Crippen molar-refractivity contribution < 1.29 is 19.5 Å². The molecule has 1 rings (SSSR count). The van der Waals surface area contributed by atoms with E-state index in [2.05, 4.69) is 16.0 Å². The van der Waals surface area contributed by atoms with Crippen LogP contribution in [0.4, 0.5) is 5.69 Å². The van der Waals surface area contributed by atoms with Gasteiger partial charge in [0.2, 0.25) is 0 Å². The van der Waals surface area contributed by atoms with Crippen LogP contribution in [0.15, 0.2) is 18.2 Å². The van der Waals surface area contributed by atoms with Crippen molar-refractivity contribution in [2.24, 2.45) is 11.8 Å². The summed E-state index contributed by atoms with van der Waals surface area (Å²) in [4.78, 5) is 35.7. The third-order valence-electron chi connectivity index (χ3n) is 4.52. The fourth-order valence-electron chi connectivity index (χ4n) is 2.20. The molecule has 0 aliphatic rings. The lowest BCUT2D eigenvalue weighted by molar-refractivity contribution is -0.134. The van der Waals surface area contributed by atoms with Crippen molar-refractivity contribution in [3.8, 4) is 0 Å². The maximum atomic E-state index is 12.5. The summed E-state index contributed by atoms with van der Waals surface area (Å²) in [5.74, 6) is -0.902. The molecular weight excluding hydrogens is 346 g/mol. The molecule has 0 aliphatic heterocycles. The van der Waals surface area contributed by atoms with E-state index in [1.807, 2.05) is 27.7 Å². The largest absolute Gasteiger partial charge is 0.480 e. The molecule has 7 nitrogen and oxygen atoms in total. The standard InChI is InChI=1S/C20H31N3O4/c1-5-13(3)10-22-19(26)15-7-16(20(27)23-11-14(4)6-2)9-17(8-15)21-12-18(24)25/h7-9,13-14,21H,5-6,10-12H2,1-4H3,(H,22,26)(H,23,27)(H,24,25). The molecule has 0 radical (unpaired) electrons. The van der Waals surface area contributed by atoms with Crippen LogP contribution in [0.5, 0.6) is 0 Å². The fraction of sp³-hybridized carbons (Fsp3) is 0.550. The molecule has 0 spiro atoms. The number of carbonyl (C=O) groups is 3. The molecule has 2 amide bonds. The summed E-state index contributed by atoms with van der Waals surface area (Å²) >= 11 is 0. The first kappa shape index (κ1) is 22.5. The van der Waals surface area contributed by atoms with E-state index >= 15 is 0 Å². The maximum absolute atomic E-state index is 12.5. The topological polar surface area (TPSA) is 108 Å². The second-order valence-corrected chi connectivity index (χ2v) is 6.99. The molecule has 2 atom stereocenters. The molecule has 1 aromatic rings. The van der Waals surface area contributed by atoms with E-state index in [4.69, 9.17) is 5.11 Å². The molecule has 0 fully saturated rings. The van der Waals surface area contributed by atoms with Crippen LogP contribution >= 0.6 is 0 Å².